The summed E-state index contributed by atoms with van der Waals surface area (Å²) in [7, 11) is 1.66. The van der Waals surface area contributed by atoms with Crippen LogP contribution in [0.15, 0.2) is 40.9 Å². The molecule has 1 aliphatic rings. The summed E-state index contributed by atoms with van der Waals surface area (Å²) in [5.74, 6) is 2.39. The Hall–Kier alpha value is -1.68. The summed E-state index contributed by atoms with van der Waals surface area (Å²) in [6.45, 7) is 0.290. The Labute approximate surface area is 113 Å². The molecule has 0 bridgehead atoms. The van der Waals surface area contributed by atoms with E-state index in [-0.39, 0.29) is 6.79 Å². The Kier molecular flexibility index (Phi) is 2.88. The Morgan fingerprint density at radius 1 is 1.06 bits per heavy atom. The molecule has 0 saturated carbocycles. The van der Waals surface area contributed by atoms with Crippen LogP contribution < -0.4 is 14.2 Å². The van der Waals surface area contributed by atoms with E-state index in [4.69, 9.17) is 14.2 Å². The smallest absolute Gasteiger partial charge is 0.231 e. The molecule has 0 aliphatic carbocycles. The van der Waals surface area contributed by atoms with Crippen LogP contribution in [0.25, 0.3) is 11.1 Å². The summed E-state index contributed by atoms with van der Waals surface area (Å²) < 4.78 is 17.0. The van der Waals surface area contributed by atoms with E-state index >= 15 is 0 Å². The van der Waals surface area contributed by atoms with E-state index in [9.17, 15) is 0 Å². The van der Waals surface area contributed by atoms with E-state index in [1.165, 1.54) is 0 Å². The molecule has 2 aromatic rings. The van der Waals surface area contributed by atoms with E-state index in [1.54, 1.807) is 7.11 Å². The van der Waals surface area contributed by atoms with E-state index in [0.717, 1.165) is 32.8 Å². The molecule has 4 heteroatoms. The first-order valence-corrected chi connectivity index (χ1v) is 6.31. The average molecular weight is 307 g/mol. The van der Waals surface area contributed by atoms with Crippen LogP contribution in [0.4, 0.5) is 0 Å². The lowest BCUT2D eigenvalue weighted by Crippen LogP contribution is -1.92. The first-order valence-electron chi connectivity index (χ1n) is 5.51. The normalized spacial score (nSPS) is 12.6. The van der Waals surface area contributed by atoms with Gasteiger partial charge >= 0.3 is 0 Å². The van der Waals surface area contributed by atoms with Gasteiger partial charge in [-0.3, -0.25) is 0 Å². The van der Waals surface area contributed by atoms with Gasteiger partial charge in [0, 0.05) is 4.47 Å². The van der Waals surface area contributed by atoms with Gasteiger partial charge in [-0.1, -0.05) is 22.0 Å². The molecule has 2 aromatic carbocycles. The summed E-state index contributed by atoms with van der Waals surface area (Å²) in [5.41, 5.74) is 2.12. The number of hydrogen-bond donors (Lipinski definition) is 0. The third-order valence-corrected chi connectivity index (χ3v) is 3.55. The van der Waals surface area contributed by atoms with Crippen molar-refractivity contribution < 1.29 is 14.2 Å². The van der Waals surface area contributed by atoms with Gasteiger partial charge in [0.2, 0.25) is 6.79 Å². The van der Waals surface area contributed by atoms with Crippen LogP contribution in [0.1, 0.15) is 0 Å². The largest absolute Gasteiger partial charge is 0.497 e. The number of hydrogen-bond acceptors (Lipinski definition) is 3. The van der Waals surface area contributed by atoms with Crippen molar-refractivity contribution in [1.29, 1.82) is 0 Å². The van der Waals surface area contributed by atoms with Crippen molar-refractivity contribution in [1.82, 2.24) is 0 Å². The predicted octanol–water partition coefficient (Wildman–Crippen LogP) is 3.85. The standard InChI is InChI=1S/C14H11BrO3/c1-16-10-3-4-12(15)11(7-10)9-2-5-13-14(6-9)18-8-17-13/h2-7H,8H2,1H3. The molecule has 0 aromatic heterocycles. The number of halogens is 1. The van der Waals surface area contributed by atoms with E-state index < -0.39 is 0 Å². The fourth-order valence-corrected chi connectivity index (χ4v) is 2.39. The summed E-state index contributed by atoms with van der Waals surface area (Å²) in [6.07, 6.45) is 0. The zero-order chi connectivity index (χ0) is 12.5. The van der Waals surface area contributed by atoms with Crippen molar-refractivity contribution in [2.45, 2.75) is 0 Å². The number of ether oxygens (including phenoxy) is 3. The van der Waals surface area contributed by atoms with Gasteiger partial charge in [-0.25, -0.2) is 0 Å². The molecule has 3 rings (SSSR count). The van der Waals surface area contributed by atoms with Gasteiger partial charge in [-0.05, 0) is 41.5 Å². The third kappa shape index (κ3) is 1.93. The minimum absolute atomic E-state index is 0.290. The first-order chi connectivity index (χ1) is 8.78. The minimum Gasteiger partial charge on any atom is -0.497 e. The van der Waals surface area contributed by atoms with Crippen molar-refractivity contribution in [3.05, 3.63) is 40.9 Å². The molecular weight excluding hydrogens is 296 g/mol. The van der Waals surface area contributed by atoms with Crippen LogP contribution in [0.2, 0.25) is 0 Å². The van der Waals surface area contributed by atoms with E-state index in [1.807, 2.05) is 36.4 Å². The van der Waals surface area contributed by atoms with Crippen molar-refractivity contribution in [3.8, 4) is 28.4 Å². The number of fused-ring (bicyclic) bond motifs is 1. The lowest BCUT2D eigenvalue weighted by Gasteiger charge is -2.08. The second-order valence-electron chi connectivity index (χ2n) is 3.91. The lowest BCUT2D eigenvalue weighted by atomic mass is 10.0. The molecule has 0 atom stereocenters. The topological polar surface area (TPSA) is 27.7 Å². The van der Waals surface area contributed by atoms with Crippen LogP contribution in [0, 0.1) is 0 Å². The molecular formula is C14H11BrO3. The average Bonchev–Trinajstić information content (AvgIpc) is 2.86. The minimum atomic E-state index is 0.290. The Morgan fingerprint density at radius 3 is 2.72 bits per heavy atom. The highest BCUT2D eigenvalue weighted by molar-refractivity contribution is 9.10. The second kappa shape index (κ2) is 4.53. The maximum absolute atomic E-state index is 5.39. The van der Waals surface area contributed by atoms with Crippen molar-refractivity contribution >= 4 is 15.9 Å². The van der Waals surface area contributed by atoms with Gasteiger partial charge in [-0.15, -0.1) is 0 Å². The van der Waals surface area contributed by atoms with Crippen molar-refractivity contribution in [2.24, 2.45) is 0 Å². The zero-order valence-corrected chi connectivity index (χ0v) is 11.4. The van der Waals surface area contributed by atoms with Gasteiger partial charge in [0.05, 0.1) is 7.11 Å². The highest BCUT2D eigenvalue weighted by atomic mass is 79.9. The van der Waals surface area contributed by atoms with Crippen LogP contribution in [0.5, 0.6) is 17.2 Å². The molecule has 92 valence electrons. The molecule has 0 N–H and O–H groups in total. The second-order valence-corrected chi connectivity index (χ2v) is 4.77. The quantitative estimate of drug-likeness (QED) is 0.843. The van der Waals surface area contributed by atoms with Crippen LogP contribution in [-0.4, -0.2) is 13.9 Å². The predicted molar refractivity (Wildman–Crippen MR) is 72.3 cm³/mol. The van der Waals surface area contributed by atoms with Gasteiger partial charge in [0.15, 0.2) is 11.5 Å². The molecule has 3 nitrogen and oxygen atoms in total. The number of rotatable bonds is 2. The molecule has 0 saturated heterocycles. The maximum atomic E-state index is 5.39. The summed E-state index contributed by atoms with van der Waals surface area (Å²) in [5, 5.41) is 0. The molecule has 0 spiro atoms. The molecule has 0 unspecified atom stereocenters. The lowest BCUT2D eigenvalue weighted by molar-refractivity contribution is 0.174. The molecule has 1 aliphatic heterocycles. The summed E-state index contributed by atoms with van der Waals surface area (Å²) >= 11 is 3.55. The molecule has 18 heavy (non-hydrogen) atoms. The summed E-state index contributed by atoms with van der Waals surface area (Å²) in [6, 6.07) is 11.8. The van der Waals surface area contributed by atoms with Gasteiger partial charge < -0.3 is 14.2 Å². The fraction of sp³-hybridized carbons (Fsp3) is 0.143. The van der Waals surface area contributed by atoms with Crippen LogP contribution in [-0.2, 0) is 0 Å². The first kappa shape index (κ1) is 11.4. The van der Waals surface area contributed by atoms with Crippen LogP contribution in [0.3, 0.4) is 0 Å². The molecule has 0 radical (unpaired) electrons. The van der Waals surface area contributed by atoms with Gasteiger partial charge in [-0.2, -0.15) is 0 Å². The fourth-order valence-electron chi connectivity index (χ4n) is 1.92. The molecule has 1 heterocycles. The SMILES string of the molecule is COc1ccc(Br)c(-c2ccc3c(c2)OCO3)c1. The van der Waals surface area contributed by atoms with E-state index in [0.29, 0.717) is 0 Å². The van der Waals surface area contributed by atoms with Crippen molar-refractivity contribution in [3.63, 3.8) is 0 Å². The number of benzene rings is 2. The summed E-state index contributed by atoms with van der Waals surface area (Å²) in [4.78, 5) is 0. The van der Waals surface area contributed by atoms with Gasteiger partial charge in [0.25, 0.3) is 0 Å². The maximum Gasteiger partial charge on any atom is 0.231 e. The highest BCUT2D eigenvalue weighted by Crippen LogP contribution is 2.38. The molecule has 0 amide bonds. The Balaban J connectivity index is 2.09. The Morgan fingerprint density at radius 2 is 1.89 bits per heavy atom. The monoisotopic (exact) mass is 306 g/mol. The van der Waals surface area contributed by atoms with Gasteiger partial charge in [0.1, 0.15) is 5.75 Å². The highest BCUT2D eigenvalue weighted by Gasteiger charge is 2.15. The van der Waals surface area contributed by atoms with E-state index in [2.05, 4.69) is 15.9 Å². The third-order valence-electron chi connectivity index (χ3n) is 2.86. The van der Waals surface area contributed by atoms with Crippen LogP contribution >= 0.6 is 15.9 Å². The number of methoxy groups -OCH3 is 1. The molecule has 0 fully saturated rings. The zero-order valence-electron chi connectivity index (χ0n) is 9.77. The van der Waals surface area contributed by atoms with Crippen molar-refractivity contribution in [2.75, 3.05) is 13.9 Å². The Bertz CT molecular complexity index is 596.